The van der Waals surface area contributed by atoms with Crippen molar-refractivity contribution in [3.8, 4) is 0 Å². The first-order valence-corrected chi connectivity index (χ1v) is 10.1. The fraction of sp³-hybridized carbons (Fsp3) is 0.417. The topological polar surface area (TPSA) is 46.6 Å². The summed E-state index contributed by atoms with van der Waals surface area (Å²) in [6, 6.07) is 17.6. The van der Waals surface area contributed by atoms with Gasteiger partial charge in [-0.1, -0.05) is 54.6 Å². The summed E-state index contributed by atoms with van der Waals surface area (Å²) in [4.78, 5) is 27.6. The van der Waals surface area contributed by atoms with E-state index in [0.29, 0.717) is 23.2 Å². The van der Waals surface area contributed by atoms with Crippen LogP contribution in [0.5, 0.6) is 0 Å². The molecule has 2 unspecified atom stereocenters. The average Bonchev–Trinajstić information content (AvgIpc) is 2.93. The summed E-state index contributed by atoms with van der Waals surface area (Å²) in [6.45, 7) is 1.87. The number of fused-ring (bicyclic) bond motifs is 2. The maximum Gasteiger partial charge on any atom is 0.313 e. The molecule has 0 saturated carbocycles. The largest absolute Gasteiger partial charge is 0.462 e. The summed E-state index contributed by atoms with van der Waals surface area (Å²) >= 11 is 0. The number of carbonyl (C=O) groups excluding carboxylic acids is 2. The minimum atomic E-state index is -0.335. The molecule has 0 N–H and O–H groups in total. The van der Waals surface area contributed by atoms with E-state index < -0.39 is 0 Å². The lowest BCUT2D eigenvalue weighted by Gasteiger charge is -2.36. The minimum Gasteiger partial charge on any atom is -0.462 e. The molecule has 4 atom stereocenters. The standard InChI is InChI=1S/C24H27NO3/c1-16(24(27)28-22-14-20-12-13-21(15-22)25(20)2)17-8-10-19(11-9-17)23(26)18-6-4-3-5-7-18/h3-11,16,20-22H,12-15H2,1-2H3/t16?,20-,21+,22?. The van der Waals surface area contributed by atoms with Gasteiger partial charge in [0.15, 0.2) is 5.78 Å². The fourth-order valence-electron chi connectivity index (χ4n) is 4.54. The third-order valence-corrected chi connectivity index (χ3v) is 6.40. The Bertz CT molecular complexity index is 832. The Hall–Kier alpha value is -2.46. The van der Waals surface area contributed by atoms with Crippen molar-refractivity contribution in [2.75, 3.05) is 7.05 Å². The summed E-state index contributed by atoms with van der Waals surface area (Å²) < 4.78 is 5.85. The summed E-state index contributed by atoms with van der Waals surface area (Å²) in [5.74, 6) is -0.515. The molecule has 4 rings (SSSR count). The van der Waals surface area contributed by atoms with Gasteiger partial charge in [-0.15, -0.1) is 0 Å². The minimum absolute atomic E-state index is 0.0100. The zero-order chi connectivity index (χ0) is 19.7. The van der Waals surface area contributed by atoms with Gasteiger partial charge in [0.05, 0.1) is 5.92 Å². The van der Waals surface area contributed by atoms with Gasteiger partial charge < -0.3 is 9.64 Å². The maximum absolute atomic E-state index is 12.7. The maximum atomic E-state index is 12.7. The van der Waals surface area contributed by atoms with Crippen LogP contribution in [0.15, 0.2) is 54.6 Å². The molecule has 0 amide bonds. The van der Waals surface area contributed by atoms with Crippen molar-refractivity contribution in [1.29, 1.82) is 0 Å². The van der Waals surface area contributed by atoms with Crippen molar-refractivity contribution < 1.29 is 14.3 Å². The van der Waals surface area contributed by atoms with Crippen LogP contribution in [-0.2, 0) is 9.53 Å². The van der Waals surface area contributed by atoms with E-state index in [9.17, 15) is 9.59 Å². The van der Waals surface area contributed by atoms with Crippen molar-refractivity contribution in [2.24, 2.45) is 0 Å². The molecule has 146 valence electrons. The number of benzene rings is 2. The number of rotatable bonds is 5. The van der Waals surface area contributed by atoms with Gasteiger partial charge >= 0.3 is 5.97 Å². The van der Waals surface area contributed by atoms with Gasteiger partial charge in [0.1, 0.15) is 6.10 Å². The van der Waals surface area contributed by atoms with Crippen LogP contribution in [0.3, 0.4) is 0 Å². The van der Waals surface area contributed by atoms with Crippen LogP contribution in [0.4, 0.5) is 0 Å². The summed E-state index contributed by atoms with van der Waals surface area (Å²) in [6.07, 6.45) is 4.33. The third kappa shape index (κ3) is 3.74. The molecule has 0 spiro atoms. The number of piperidine rings is 1. The number of nitrogens with zero attached hydrogens (tertiary/aromatic N) is 1. The van der Waals surface area contributed by atoms with E-state index in [1.165, 1.54) is 12.8 Å². The number of hydrogen-bond donors (Lipinski definition) is 0. The second-order valence-corrected chi connectivity index (χ2v) is 8.12. The van der Waals surface area contributed by atoms with E-state index in [4.69, 9.17) is 4.74 Å². The highest BCUT2D eigenvalue weighted by atomic mass is 16.5. The van der Waals surface area contributed by atoms with Gasteiger partial charge in [0.2, 0.25) is 0 Å². The molecule has 0 aromatic heterocycles. The number of esters is 1. The summed E-state index contributed by atoms with van der Waals surface area (Å²) in [5.41, 5.74) is 2.17. The molecular weight excluding hydrogens is 350 g/mol. The molecule has 2 saturated heterocycles. The Morgan fingerprint density at radius 1 is 0.929 bits per heavy atom. The smallest absolute Gasteiger partial charge is 0.313 e. The van der Waals surface area contributed by atoms with Gasteiger partial charge in [0.25, 0.3) is 0 Å². The van der Waals surface area contributed by atoms with Crippen molar-refractivity contribution in [3.63, 3.8) is 0 Å². The van der Waals surface area contributed by atoms with Gasteiger partial charge in [-0.05, 0) is 45.2 Å². The van der Waals surface area contributed by atoms with Crippen LogP contribution in [0, 0.1) is 0 Å². The van der Waals surface area contributed by atoms with E-state index >= 15 is 0 Å². The molecule has 2 aromatic carbocycles. The molecule has 2 aromatic rings. The van der Waals surface area contributed by atoms with E-state index in [1.54, 1.807) is 12.1 Å². The molecule has 2 fully saturated rings. The monoisotopic (exact) mass is 377 g/mol. The van der Waals surface area contributed by atoms with E-state index in [2.05, 4.69) is 11.9 Å². The van der Waals surface area contributed by atoms with Gasteiger partial charge in [0, 0.05) is 23.2 Å². The lowest BCUT2D eigenvalue weighted by Crippen LogP contribution is -2.43. The average molecular weight is 377 g/mol. The van der Waals surface area contributed by atoms with Crippen LogP contribution < -0.4 is 0 Å². The van der Waals surface area contributed by atoms with Gasteiger partial charge in [-0.25, -0.2) is 0 Å². The molecule has 0 radical (unpaired) electrons. The quantitative estimate of drug-likeness (QED) is 0.579. The predicted octanol–water partition coefficient (Wildman–Crippen LogP) is 4.19. The summed E-state index contributed by atoms with van der Waals surface area (Å²) in [5, 5.41) is 0. The molecule has 2 heterocycles. The summed E-state index contributed by atoms with van der Waals surface area (Å²) in [7, 11) is 2.18. The van der Waals surface area contributed by atoms with Crippen LogP contribution >= 0.6 is 0 Å². The van der Waals surface area contributed by atoms with E-state index in [1.807, 2.05) is 49.4 Å². The highest BCUT2D eigenvalue weighted by Crippen LogP contribution is 2.36. The number of carbonyl (C=O) groups is 2. The highest BCUT2D eigenvalue weighted by molar-refractivity contribution is 6.09. The van der Waals surface area contributed by atoms with Crippen molar-refractivity contribution in [2.45, 2.75) is 56.7 Å². The number of hydrogen-bond acceptors (Lipinski definition) is 4. The Kier molecular flexibility index (Phi) is 5.31. The normalized spacial score (nSPS) is 25.3. The molecule has 2 aliphatic rings. The van der Waals surface area contributed by atoms with Crippen molar-refractivity contribution in [3.05, 3.63) is 71.3 Å². The molecular formula is C24H27NO3. The van der Waals surface area contributed by atoms with E-state index in [0.717, 1.165) is 18.4 Å². The molecule has 4 nitrogen and oxygen atoms in total. The van der Waals surface area contributed by atoms with Crippen molar-refractivity contribution in [1.82, 2.24) is 4.90 Å². The zero-order valence-electron chi connectivity index (χ0n) is 16.5. The Morgan fingerprint density at radius 2 is 1.50 bits per heavy atom. The first-order chi connectivity index (χ1) is 13.5. The third-order valence-electron chi connectivity index (χ3n) is 6.40. The van der Waals surface area contributed by atoms with Gasteiger partial charge in [-0.3, -0.25) is 9.59 Å². The van der Waals surface area contributed by atoms with Gasteiger partial charge in [-0.2, -0.15) is 0 Å². The molecule has 2 aliphatic heterocycles. The van der Waals surface area contributed by atoms with Crippen LogP contribution in [-0.4, -0.2) is 41.9 Å². The number of ether oxygens (including phenoxy) is 1. The SMILES string of the molecule is CC(C(=O)OC1C[C@H]2CC[C@@H](C1)N2C)c1ccc(C(=O)c2ccccc2)cc1. The molecule has 4 heteroatoms. The molecule has 0 aliphatic carbocycles. The first kappa shape index (κ1) is 18.9. The fourth-order valence-corrected chi connectivity index (χ4v) is 4.54. The van der Waals surface area contributed by atoms with Crippen molar-refractivity contribution >= 4 is 11.8 Å². The molecule has 2 bridgehead atoms. The first-order valence-electron chi connectivity index (χ1n) is 10.1. The Labute approximate surface area is 166 Å². The Balaban J connectivity index is 1.38. The number of ketones is 1. The van der Waals surface area contributed by atoms with Crippen LogP contribution in [0.1, 0.15) is 60.0 Å². The highest BCUT2D eigenvalue weighted by Gasteiger charge is 2.40. The van der Waals surface area contributed by atoms with Crippen LogP contribution in [0.2, 0.25) is 0 Å². The zero-order valence-corrected chi connectivity index (χ0v) is 16.5. The second kappa shape index (κ2) is 7.88. The predicted molar refractivity (Wildman–Crippen MR) is 108 cm³/mol. The lowest BCUT2D eigenvalue weighted by atomic mass is 9.96. The Morgan fingerprint density at radius 3 is 2.11 bits per heavy atom. The molecule has 28 heavy (non-hydrogen) atoms. The van der Waals surface area contributed by atoms with E-state index in [-0.39, 0.29) is 23.8 Å². The van der Waals surface area contributed by atoms with Crippen LogP contribution in [0.25, 0.3) is 0 Å². The second-order valence-electron chi connectivity index (χ2n) is 8.12. The lowest BCUT2D eigenvalue weighted by molar-refractivity contribution is -0.153.